The summed E-state index contributed by atoms with van der Waals surface area (Å²) in [5, 5.41) is 64.8. The fourth-order valence-corrected chi connectivity index (χ4v) is 7.89. The first-order valence-corrected chi connectivity index (χ1v) is 24.6. The second-order valence-electron chi connectivity index (χ2n) is 17.6. The number of aliphatic hydroxyl groups is 6. The number of carbonyl (C=O) groups is 1. The Morgan fingerprint density at radius 3 is 1.58 bits per heavy atom. The minimum atomic E-state index is -1.61. The molecular formula is C49H93NO9. The molecule has 0 spiro atoms. The standard InChI is InChI=1S/C49H93NO9/c1-4-6-8-10-12-13-14-15-16-17-18-19-20-21-22-23-24-26-28-32-37-43(53)48(57)50-41(39-58-49-47(56)46(55)45(54)44(38-51)59-49)42(52)36-33-29-31-35-40(3)34-30-27-25-11-9-7-5-2/h33,35-36,41-47,49,51-56H,4-32,34,37-39H2,1-3H3,(H,50,57). The summed E-state index contributed by atoms with van der Waals surface area (Å²) in [5.74, 6) is -0.624. The largest absolute Gasteiger partial charge is 0.394 e. The predicted octanol–water partition coefficient (Wildman–Crippen LogP) is 9.64. The van der Waals surface area contributed by atoms with Crippen LogP contribution in [0.1, 0.15) is 220 Å². The molecular weight excluding hydrogens is 747 g/mol. The number of allylic oxidation sites excluding steroid dienone is 3. The molecule has 8 atom stereocenters. The molecule has 0 saturated carbocycles. The number of hydrogen-bond donors (Lipinski definition) is 7. The van der Waals surface area contributed by atoms with Gasteiger partial charge in [0, 0.05) is 0 Å². The van der Waals surface area contributed by atoms with Crippen molar-refractivity contribution in [1.29, 1.82) is 0 Å². The van der Waals surface area contributed by atoms with Crippen molar-refractivity contribution in [1.82, 2.24) is 5.32 Å². The third-order valence-electron chi connectivity index (χ3n) is 12.0. The van der Waals surface area contributed by atoms with Crippen LogP contribution in [0.5, 0.6) is 0 Å². The summed E-state index contributed by atoms with van der Waals surface area (Å²) < 4.78 is 11.1. The predicted molar refractivity (Wildman–Crippen MR) is 241 cm³/mol. The van der Waals surface area contributed by atoms with Crippen LogP contribution in [-0.2, 0) is 14.3 Å². The van der Waals surface area contributed by atoms with E-state index >= 15 is 0 Å². The summed E-state index contributed by atoms with van der Waals surface area (Å²) in [6.45, 7) is 5.75. The van der Waals surface area contributed by atoms with Crippen LogP contribution in [0.15, 0.2) is 23.8 Å². The Morgan fingerprint density at radius 2 is 1.10 bits per heavy atom. The minimum absolute atomic E-state index is 0.307. The van der Waals surface area contributed by atoms with E-state index in [-0.39, 0.29) is 6.61 Å². The number of rotatable bonds is 40. The summed E-state index contributed by atoms with van der Waals surface area (Å²) in [6, 6.07) is -0.995. The maximum absolute atomic E-state index is 13.1. The molecule has 0 aromatic rings. The van der Waals surface area contributed by atoms with Crippen LogP contribution < -0.4 is 5.32 Å². The lowest BCUT2D eigenvalue weighted by molar-refractivity contribution is -0.302. The average Bonchev–Trinajstić information content (AvgIpc) is 3.23. The normalized spacial score (nSPS) is 21.6. The zero-order chi connectivity index (χ0) is 43.4. The van der Waals surface area contributed by atoms with E-state index < -0.39 is 61.5 Å². The lowest BCUT2D eigenvalue weighted by Crippen LogP contribution is -2.60. The van der Waals surface area contributed by atoms with Crippen molar-refractivity contribution in [2.75, 3.05) is 13.2 Å². The summed E-state index contributed by atoms with van der Waals surface area (Å²) in [7, 11) is 0. The highest BCUT2D eigenvalue weighted by Crippen LogP contribution is 2.23. The summed E-state index contributed by atoms with van der Waals surface area (Å²) in [4.78, 5) is 13.1. The molecule has 1 saturated heterocycles. The molecule has 1 heterocycles. The van der Waals surface area contributed by atoms with Crippen LogP contribution in [0.4, 0.5) is 0 Å². The summed E-state index contributed by atoms with van der Waals surface area (Å²) in [6.07, 6.45) is 33.5. The van der Waals surface area contributed by atoms with Gasteiger partial charge >= 0.3 is 0 Å². The Bertz CT molecular complexity index is 1020. The maximum atomic E-state index is 13.1. The Kier molecular flexibility index (Phi) is 36.1. The monoisotopic (exact) mass is 840 g/mol. The highest BCUT2D eigenvalue weighted by atomic mass is 16.7. The van der Waals surface area contributed by atoms with Gasteiger partial charge in [-0.3, -0.25) is 4.79 Å². The van der Waals surface area contributed by atoms with Crippen LogP contribution in [-0.4, -0.2) is 98.7 Å². The average molecular weight is 840 g/mol. The molecule has 10 heteroatoms. The maximum Gasteiger partial charge on any atom is 0.249 e. The lowest BCUT2D eigenvalue weighted by atomic mass is 9.99. The van der Waals surface area contributed by atoms with Crippen LogP contribution in [0.25, 0.3) is 0 Å². The van der Waals surface area contributed by atoms with Gasteiger partial charge in [0.25, 0.3) is 0 Å². The van der Waals surface area contributed by atoms with E-state index in [1.54, 1.807) is 6.08 Å². The fourth-order valence-electron chi connectivity index (χ4n) is 7.89. The first kappa shape index (κ1) is 55.6. The lowest BCUT2D eigenvalue weighted by Gasteiger charge is -2.40. The van der Waals surface area contributed by atoms with Gasteiger partial charge in [-0.15, -0.1) is 0 Å². The van der Waals surface area contributed by atoms with E-state index in [9.17, 15) is 35.4 Å². The quantitative estimate of drug-likeness (QED) is 0.0235. The van der Waals surface area contributed by atoms with Gasteiger partial charge in [-0.05, 0) is 39.0 Å². The van der Waals surface area contributed by atoms with Crippen molar-refractivity contribution in [2.24, 2.45) is 0 Å². The zero-order valence-corrected chi connectivity index (χ0v) is 38.1. The molecule has 8 unspecified atom stereocenters. The molecule has 0 aromatic heterocycles. The van der Waals surface area contributed by atoms with Crippen molar-refractivity contribution in [2.45, 2.75) is 269 Å². The number of amides is 1. The van der Waals surface area contributed by atoms with E-state index in [1.807, 2.05) is 6.08 Å². The van der Waals surface area contributed by atoms with Crippen LogP contribution in [0.2, 0.25) is 0 Å². The molecule has 1 amide bonds. The SMILES string of the molecule is CCCCCCCCCCCCCCCCCCCCCCC(O)C(=O)NC(COC1OC(CO)C(O)C(O)C1O)C(O)C=CCCC=C(C)CCCCCCCCC. The third kappa shape index (κ3) is 28.8. The van der Waals surface area contributed by atoms with E-state index in [1.165, 1.54) is 153 Å². The van der Waals surface area contributed by atoms with Gasteiger partial charge in [-0.2, -0.15) is 0 Å². The minimum Gasteiger partial charge on any atom is -0.394 e. The molecule has 0 aliphatic carbocycles. The van der Waals surface area contributed by atoms with Gasteiger partial charge in [0.2, 0.25) is 5.91 Å². The number of hydrogen-bond acceptors (Lipinski definition) is 9. The molecule has 0 bridgehead atoms. The fraction of sp³-hybridized carbons (Fsp3) is 0.898. The van der Waals surface area contributed by atoms with E-state index in [4.69, 9.17) is 9.47 Å². The molecule has 1 aliphatic heterocycles. The molecule has 10 nitrogen and oxygen atoms in total. The van der Waals surface area contributed by atoms with Crippen molar-refractivity contribution < 1.29 is 44.9 Å². The Labute approximate surface area is 361 Å². The highest BCUT2D eigenvalue weighted by Gasteiger charge is 2.44. The number of nitrogens with one attached hydrogen (secondary N) is 1. The van der Waals surface area contributed by atoms with Crippen molar-refractivity contribution in [3.05, 3.63) is 23.8 Å². The van der Waals surface area contributed by atoms with Crippen molar-refractivity contribution in [3.8, 4) is 0 Å². The number of aliphatic hydroxyl groups excluding tert-OH is 6. The molecule has 1 aliphatic rings. The van der Waals surface area contributed by atoms with Gasteiger partial charge in [-0.1, -0.05) is 205 Å². The summed E-state index contributed by atoms with van der Waals surface area (Å²) in [5.41, 5.74) is 1.36. The molecule has 348 valence electrons. The number of unbranched alkanes of at least 4 members (excludes halogenated alkanes) is 26. The smallest absolute Gasteiger partial charge is 0.249 e. The molecule has 0 radical (unpaired) electrons. The van der Waals surface area contributed by atoms with E-state index in [2.05, 4.69) is 32.2 Å². The highest BCUT2D eigenvalue weighted by molar-refractivity contribution is 5.80. The second kappa shape index (κ2) is 38.3. The van der Waals surface area contributed by atoms with Crippen molar-refractivity contribution in [3.63, 3.8) is 0 Å². The Balaban J connectivity index is 2.40. The topological polar surface area (TPSA) is 169 Å². The van der Waals surface area contributed by atoms with Crippen LogP contribution in [0.3, 0.4) is 0 Å². The summed E-state index contributed by atoms with van der Waals surface area (Å²) >= 11 is 0. The van der Waals surface area contributed by atoms with Gasteiger partial charge < -0.3 is 45.4 Å². The molecule has 1 fully saturated rings. The Hall–Kier alpha value is -1.37. The van der Waals surface area contributed by atoms with Crippen LogP contribution >= 0.6 is 0 Å². The zero-order valence-electron chi connectivity index (χ0n) is 38.1. The van der Waals surface area contributed by atoms with Crippen LogP contribution in [0, 0.1) is 0 Å². The first-order chi connectivity index (χ1) is 28.7. The molecule has 7 N–H and O–H groups in total. The van der Waals surface area contributed by atoms with Gasteiger partial charge in [0.15, 0.2) is 6.29 Å². The molecule has 0 aromatic carbocycles. The second-order valence-corrected chi connectivity index (χ2v) is 17.6. The van der Waals surface area contributed by atoms with Gasteiger partial charge in [0.05, 0.1) is 25.4 Å². The number of carbonyl (C=O) groups excluding carboxylic acids is 1. The first-order valence-electron chi connectivity index (χ1n) is 24.6. The van der Waals surface area contributed by atoms with Gasteiger partial charge in [0.1, 0.15) is 30.5 Å². The van der Waals surface area contributed by atoms with E-state index in [0.717, 1.165) is 32.1 Å². The molecule has 59 heavy (non-hydrogen) atoms. The third-order valence-corrected chi connectivity index (χ3v) is 12.0. The van der Waals surface area contributed by atoms with E-state index in [0.29, 0.717) is 19.3 Å². The Morgan fingerprint density at radius 1 is 0.644 bits per heavy atom. The van der Waals surface area contributed by atoms with Gasteiger partial charge in [-0.25, -0.2) is 0 Å². The number of ether oxygens (including phenoxy) is 2. The molecule has 1 rings (SSSR count). The van der Waals surface area contributed by atoms with Crippen molar-refractivity contribution >= 4 is 5.91 Å².